The molecular weight excluding hydrogens is 202 g/mol. The van der Waals surface area contributed by atoms with Crippen molar-refractivity contribution >= 4 is 5.69 Å². The summed E-state index contributed by atoms with van der Waals surface area (Å²) < 4.78 is 1.95. The second-order valence-electron chi connectivity index (χ2n) is 4.77. The maximum atomic E-state index is 4.32. The molecule has 0 aliphatic rings. The summed E-state index contributed by atoms with van der Waals surface area (Å²) in [6.07, 6.45) is 7.33. The SMILES string of the molecule is CC(C)(C)n1cc(NCc2cnc[nH]2)cn1. The molecule has 86 valence electrons. The Morgan fingerprint density at radius 2 is 2.19 bits per heavy atom. The first kappa shape index (κ1) is 10.7. The Balaban J connectivity index is 1.98. The Kier molecular flexibility index (Phi) is 2.68. The summed E-state index contributed by atoms with van der Waals surface area (Å²) in [5.41, 5.74) is 2.10. The summed E-state index contributed by atoms with van der Waals surface area (Å²) in [4.78, 5) is 7.01. The predicted octanol–water partition coefficient (Wildman–Crippen LogP) is 1.97. The van der Waals surface area contributed by atoms with Gasteiger partial charge in [0.1, 0.15) is 0 Å². The molecule has 2 N–H and O–H groups in total. The van der Waals surface area contributed by atoms with Crippen LogP contribution in [0.4, 0.5) is 5.69 Å². The smallest absolute Gasteiger partial charge is 0.0922 e. The molecule has 5 nitrogen and oxygen atoms in total. The van der Waals surface area contributed by atoms with Gasteiger partial charge in [0.05, 0.1) is 36.0 Å². The van der Waals surface area contributed by atoms with Gasteiger partial charge in [-0.05, 0) is 20.8 Å². The second kappa shape index (κ2) is 4.00. The van der Waals surface area contributed by atoms with E-state index in [1.807, 2.05) is 17.1 Å². The van der Waals surface area contributed by atoms with Gasteiger partial charge < -0.3 is 10.3 Å². The molecule has 0 atom stereocenters. The first-order valence-corrected chi connectivity index (χ1v) is 5.32. The molecule has 0 radical (unpaired) electrons. The van der Waals surface area contributed by atoms with Crippen molar-refractivity contribution in [1.82, 2.24) is 19.7 Å². The zero-order valence-corrected chi connectivity index (χ0v) is 9.86. The van der Waals surface area contributed by atoms with E-state index >= 15 is 0 Å². The predicted molar refractivity (Wildman–Crippen MR) is 63.1 cm³/mol. The number of imidazole rings is 1. The van der Waals surface area contributed by atoms with Crippen LogP contribution in [0.25, 0.3) is 0 Å². The highest BCUT2D eigenvalue weighted by Crippen LogP contribution is 2.15. The summed E-state index contributed by atoms with van der Waals surface area (Å²) in [5, 5.41) is 7.60. The highest BCUT2D eigenvalue weighted by molar-refractivity contribution is 5.38. The first-order valence-electron chi connectivity index (χ1n) is 5.32. The Labute approximate surface area is 94.9 Å². The molecule has 0 fully saturated rings. The Morgan fingerprint density at radius 3 is 2.75 bits per heavy atom. The molecule has 0 saturated carbocycles. The number of hydrogen-bond donors (Lipinski definition) is 2. The third-order valence-corrected chi connectivity index (χ3v) is 2.31. The topological polar surface area (TPSA) is 58.5 Å². The van der Waals surface area contributed by atoms with Crippen LogP contribution in [0.5, 0.6) is 0 Å². The number of aromatic amines is 1. The van der Waals surface area contributed by atoms with E-state index in [0.29, 0.717) is 0 Å². The number of rotatable bonds is 3. The van der Waals surface area contributed by atoms with Crippen LogP contribution in [-0.2, 0) is 12.1 Å². The van der Waals surface area contributed by atoms with Crippen LogP contribution in [0, 0.1) is 0 Å². The van der Waals surface area contributed by atoms with Crippen LogP contribution in [-0.4, -0.2) is 19.7 Å². The zero-order chi connectivity index (χ0) is 11.6. The molecule has 2 heterocycles. The average molecular weight is 219 g/mol. The van der Waals surface area contributed by atoms with Gasteiger partial charge in [0.15, 0.2) is 0 Å². The van der Waals surface area contributed by atoms with Crippen LogP contribution < -0.4 is 5.32 Å². The maximum Gasteiger partial charge on any atom is 0.0922 e. The van der Waals surface area contributed by atoms with E-state index in [2.05, 4.69) is 41.2 Å². The summed E-state index contributed by atoms with van der Waals surface area (Å²) in [5.74, 6) is 0. The van der Waals surface area contributed by atoms with Gasteiger partial charge in [-0.15, -0.1) is 0 Å². The normalized spacial score (nSPS) is 11.7. The molecule has 0 aliphatic carbocycles. The molecular formula is C11H17N5. The summed E-state index contributed by atoms with van der Waals surface area (Å²) in [6, 6.07) is 0. The number of hydrogen-bond acceptors (Lipinski definition) is 3. The number of H-pyrrole nitrogens is 1. The number of nitrogens with one attached hydrogen (secondary N) is 2. The lowest BCUT2D eigenvalue weighted by Crippen LogP contribution is -2.21. The quantitative estimate of drug-likeness (QED) is 0.829. The fraction of sp³-hybridized carbons (Fsp3) is 0.455. The molecule has 0 bridgehead atoms. The Hall–Kier alpha value is -1.78. The molecule has 5 heteroatoms. The molecule has 0 aromatic carbocycles. The molecule has 0 unspecified atom stereocenters. The summed E-state index contributed by atoms with van der Waals surface area (Å²) in [7, 11) is 0. The highest BCUT2D eigenvalue weighted by atomic mass is 15.3. The summed E-state index contributed by atoms with van der Waals surface area (Å²) in [6.45, 7) is 7.10. The van der Waals surface area contributed by atoms with Gasteiger partial charge in [0.25, 0.3) is 0 Å². The first-order chi connectivity index (χ1) is 7.55. The molecule has 2 aromatic rings. The van der Waals surface area contributed by atoms with E-state index < -0.39 is 0 Å². The fourth-order valence-corrected chi connectivity index (χ4v) is 1.36. The van der Waals surface area contributed by atoms with E-state index in [9.17, 15) is 0 Å². The number of anilines is 1. The summed E-state index contributed by atoms with van der Waals surface area (Å²) >= 11 is 0. The third kappa shape index (κ3) is 2.42. The standard InChI is InChI=1S/C11H17N5/c1-11(2,3)16-7-10(6-15-16)13-5-9-4-12-8-14-9/h4,6-8,13H,5H2,1-3H3,(H,12,14). The zero-order valence-electron chi connectivity index (χ0n) is 9.86. The minimum Gasteiger partial charge on any atom is -0.377 e. The maximum absolute atomic E-state index is 4.32. The van der Waals surface area contributed by atoms with Crippen LogP contribution in [0.2, 0.25) is 0 Å². The van der Waals surface area contributed by atoms with Crippen molar-refractivity contribution in [2.75, 3.05) is 5.32 Å². The average Bonchev–Trinajstić information content (AvgIpc) is 2.85. The van der Waals surface area contributed by atoms with Crippen molar-refractivity contribution in [3.05, 3.63) is 30.6 Å². The molecule has 0 saturated heterocycles. The van der Waals surface area contributed by atoms with Crippen LogP contribution in [0.3, 0.4) is 0 Å². The van der Waals surface area contributed by atoms with Gasteiger partial charge in [0.2, 0.25) is 0 Å². The lowest BCUT2D eigenvalue weighted by Gasteiger charge is -2.18. The van der Waals surface area contributed by atoms with Gasteiger partial charge in [0, 0.05) is 12.4 Å². The van der Waals surface area contributed by atoms with Crippen molar-refractivity contribution in [3.63, 3.8) is 0 Å². The van der Waals surface area contributed by atoms with Crippen molar-refractivity contribution in [3.8, 4) is 0 Å². The third-order valence-electron chi connectivity index (χ3n) is 2.31. The van der Waals surface area contributed by atoms with Crippen molar-refractivity contribution in [1.29, 1.82) is 0 Å². The van der Waals surface area contributed by atoms with Crippen molar-refractivity contribution in [2.45, 2.75) is 32.9 Å². The lowest BCUT2D eigenvalue weighted by atomic mass is 10.1. The molecule has 2 rings (SSSR count). The minimum atomic E-state index is 0.0217. The molecule has 0 spiro atoms. The van der Waals surface area contributed by atoms with E-state index in [1.54, 1.807) is 12.5 Å². The van der Waals surface area contributed by atoms with Crippen LogP contribution >= 0.6 is 0 Å². The second-order valence-corrected chi connectivity index (χ2v) is 4.77. The van der Waals surface area contributed by atoms with Gasteiger partial charge >= 0.3 is 0 Å². The van der Waals surface area contributed by atoms with Crippen molar-refractivity contribution < 1.29 is 0 Å². The fourth-order valence-electron chi connectivity index (χ4n) is 1.36. The van der Waals surface area contributed by atoms with E-state index in [0.717, 1.165) is 17.9 Å². The molecule has 0 amide bonds. The van der Waals surface area contributed by atoms with Crippen LogP contribution in [0.15, 0.2) is 24.9 Å². The largest absolute Gasteiger partial charge is 0.377 e. The van der Waals surface area contributed by atoms with E-state index in [1.165, 1.54) is 0 Å². The van der Waals surface area contributed by atoms with Gasteiger partial charge in [-0.1, -0.05) is 0 Å². The molecule has 16 heavy (non-hydrogen) atoms. The molecule has 0 aliphatic heterocycles. The van der Waals surface area contributed by atoms with Gasteiger partial charge in [-0.3, -0.25) is 4.68 Å². The number of nitrogens with zero attached hydrogens (tertiary/aromatic N) is 3. The minimum absolute atomic E-state index is 0.0217. The lowest BCUT2D eigenvalue weighted by molar-refractivity contribution is 0.355. The van der Waals surface area contributed by atoms with E-state index in [4.69, 9.17) is 0 Å². The van der Waals surface area contributed by atoms with Gasteiger partial charge in [-0.2, -0.15) is 5.10 Å². The van der Waals surface area contributed by atoms with Gasteiger partial charge in [-0.25, -0.2) is 4.98 Å². The molecule has 2 aromatic heterocycles. The Morgan fingerprint density at radius 1 is 1.38 bits per heavy atom. The monoisotopic (exact) mass is 219 g/mol. The highest BCUT2D eigenvalue weighted by Gasteiger charge is 2.13. The number of aromatic nitrogens is 4. The van der Waals surface area contributed by atoms with E-state index in [-0.39, 0.29) is 5.54 Å². The van der Waals surface area contributed by atoms with Crippen LogP contribution in [0.1, 0.15) is 26.5 Å². The van der Waals surface area contributed by atoms with Crippen molar-refractivity contribution in [2.24, 2.45) is 0 Å². The Bertz CT molecular complexity index is 435.